The Morgan fingerprint density at radius 3 is 2.50 bits per heavy atom. The molecule has 1 aromatic heterocycles. The van der Waals surface area contributed by atoms with Gasteiger partial charge in [-0.1, -0.05) is 0 Å². The fourth-order valence-electron chi connectivity index (χ4n) is 1.48. The minimum Gasteiger partial charge on any atom is -0.478 e. The van der Waals surface area contributed by atoms with Crippen LogP contribution in [0, 0.1) is 0 Å². The molecule has 0 atom stereocenters. The maximum atomic E-state index is 12.0. The number of carboxylic acid groups (broad SMARTS) is 1. The summed E-state index contributed by atoms with van der Waals surface area (Å²) >= 11 is 0. The molecule has 9 heteroatoms. The molecule has 0 saturated carbocycles. The van der Waals surface area contributed by atoms with Crippen LogP contribution in [-0.4, -0.2) is 34.3 Å². The van der Waals surface area contributed by atoms with E-state index in [0.717, 1.165) is 0 Å². The molecule has 0 bridgehead atoms. The quantitative estimate of drug-likeness (QED) is 0.802. The number of nitrogens with zero attached hydrogens (tertiary/aromatic N) is 3. The van der Waals surface area contributed by atoms with Crippen LogP contribution in [0.25, 0.3) is 0 Å². The average molecular weight is 296 g/mol. The molecule has 0 fully saturated rings. The minimum absolute atomic E-state index is 0.0153. The summed E-state index contributed by atoms with van der Waals surface area (Å²) in [6, 6.07) is 4.93. The lowest BCUT2D eigenvalue weighted by Crippen LogP contribution is -2.24. The molecule has 2 aromatic rings. The second-order valence-electron chi connectivity index (χ2n) is 3.99. The second kappa shape index (κ2) is 5.39. The Balaban J connectivity index is 2.11. The Morgan fingerprint density at radius 2 is 2.00 bits per heavy atom. The van der Waals surface area contributed by atoms with Gasteiger partial charge in [0.15, 0.2) is 5.82 Å². The molecule has 1 aromatic carbocycles. The number of benzene rings is 1. The van der Waals surface area contributed by atoms with Crippen molar-refractivity contribution in [3.05, 3.63) is 42.0 Å². The van der Waals surface area contributed by atoms with Crippen LogP contribution in [0.3, 0.4) is 0 Å². The summed E-state index contributed by atoms with van der Waals surface area (Å²) in [5.41, 5.74) is 0.0235. The zero-order chi connectivity index (χ0) is 14.8. The molecule has 20 heavy (non-hydrogen) atoms. The highest BCUT2D eigenvalue weighted by atomic mass is 32.2. The molecule has 2 rings (SSSR count). The van der Waals surface area contributed by atoms with Crippen LogP contribution in [0.1, 0.15) is 16.2 Å². The van der Waals surface area contributed by atoms with E-state index >= 15 is 0 Å². The lowest BCUT2D eigenvalue weighted by molar-refractivity contribution is 0.0696. The standard InChI is InChI=1S/C11H12N4O4S/c1-15-7-12-10(14-15)6-13-20(18,19)9-4-2-8(3-5-9)11(16)17/h2-5,7,13H,6H2,1H3,(H,16,17). The predicted molar refractivity (Wildman–Crippen MR) is 68.4 cm³/mol. The van der Waals surface area contributed by atoms with E-state index in [4.69, 9.17) is 5.11 Å². The van der Waals surface area contributed by atoms with Crippen molar-refractivity contribution in [3.8, 4) is 0 Å². The Morgan fingerprint density at radius 1 is 1.35 bits per heavy atom. The number of sulfonamides is 1. The molecule has 0 aliphatic carbocycles. The zero-order valence-corrected chi connectivity index (χ0v) is 11.3. The van der Waals surface area contributed by atoms with Gasteiger partial charge in [-0.25, -0.2) is 22.9 Å². The molecule has 0 radical (unpaired) electrons. The van der Waals surface area contributed by atoms with Gasteiger partial charge in [0.2, 0.25) is 10.0 Å². The highest BCUT2D eigenvalue weighted by molar-refractivity contribution is 7.89. The third-order valence-electron chi connectivity index (χ3n) is 2.48. The van der Waals surface area contributed by atoms with E-state index in [9.17, 15) is 13.2 Å². The summed E-state index contributed by atoms with van der Waals surface area (Å²) in [4.78, 5) is 14.6. The second-order valence-corrected chi connectivity index (χ2v) is 5.76. The van der Waals surface area contributed by atoms with Gasteiger partial charge in [0.05, 0.1) is 17.0 Å². The molecule has 0 aliphatic heterocycles. The van der Waals surface area contributed by atoms with Crippen molar-refractivity contribution in [3.63, 3.8) is 0 Å². The molecule has 8 nitrogen and oxygen atoms in total. The number of aryl methyl sites for hydroxylation is 1. The maximum absolute atomic E-state index is 12.0. The Kier molecular flexibility index (Phi) is 3.81. The van der Waals surface area contributed by atoms with Crippen LogP contribution in [0.4, 0.5) is 0 Å². The highest BCUT2D eigenvalue weighted by Gasteiger charge is 2.15. The molecule has 0 spiro atoms. The van der Waals surface area contributed by atoms with E-state index in [2.05, 4.69) is 14.8 Å². The zero-order valence-electron chi connectivity index (χ0n) is 10.5. The lowest BCUT2D eigenvalue weighted by atomic mass is 10.2. The maximum Gasteiger partial charge on any atom is 0.335 e. The van der Waals surface area contributed by atoms with Gasteiger partial charge in [0.1, 0.15) is 6.33 Å². The van der Waals surface area contributed by atoms with E-state index in [0.29, 0.717) is 5.82 Å². The Hall–Kier alpha value is -2.26. The van der Waals surface area contributed by atoms with E-state index in [-0.39, 0.29) is 17.0 Å². The first kappa shape index (κ1) is 14.2. The normalized spacial score (nSPS) is 11.4. The van der Waals surface area contributed by atoms with Crippen molar-refractivity contribution in [1.29, 1.82) is 0 Å². The van der Waals surface area contributed by atoms with Crippen LogP contribution < -0.4 is 4.72 Å². The number of nitrogens with one attached hydrogen (secondary N) is 1. The molecular formula is C11H12N4O4S. The number of aromatic carboxylic acids is 1. The molecule has 2 N–H and O–H groups in total. The van der Waals surface area contributed by atoms with Gasteiger partial charge >= 0.3 is 5.97 Å². The third kappa shape index (κ3) is 3.19. The summed E-state index contributed by atoms with van der Waals surface area (Å²) in [6.45, 7) is -0.0378. The average Bonchev–Trinajstić information content (AvgIpc) is 2.82. The van der Waals surface area contributed by atoms with Gasteiger partial charge in [-0.15, -0.1) is 0 Å². The first-order valence-corrected chi connectivity index (χ1v) is 7.04. The molecule has 0 unspecified atom stereocenters. The van der Waals surface area contributed by atoms with Crippen LogP contribution >= 0.6 is 0 Å². The van der Waals surface area contributed by atoms with Crippen molar-refractivity contribution < 1.29 is 18.3 Å². The van der Waals surface area contributed by atoms with E-state index in [1.54, 1.807) is 7.05 Å². The van der Waals surface area contributed by atoms with E-state index < -0.39 is 16.0 Å². The minimum atomic E-state index is -3.72. The fraction of sp³-hybridized carbons (Fsp3) is 0.182. The molecule has 0 amide bonds. The molecule has 0 saturated heterocycles. The number of hydrogen-bond donors (Lipinski definition) is 2. The summed E-state index contributed by atoms with van der Waals surface area (Å²) in [6.07, 6.45) is 1.46. The van der Waals surface area contributed by atoms with Gasteiger partial charge in [-0.3, -0.25) is 4.68 Å². The first-order valence-electron chi connectivity index (χ1n) is 5.56. The third-order valence-corrected chi connectivity index (χ3v) is 3.90. The van der Waals surface area contributed by atoms with Gasteiger partial charge in [0.25, 0.3) is 0 Å². The Labute approximate surface area is 115 Å². The fourth-order valence-corrected chi connectivity index (χ4v) is 2.46. The Bertz CT molecular complexity index is 721. The summed E-state index contributed by atoms with van der Waals surface area (Å²) in [5.74, 6) is -0.766. The van der Waals surface area contributed by atoms with E-state index in [1.165, 1.54) is 35.3 Å². The van der Waals surface area contributed by atoms with Gasteiger partial charge in [-0.2, -0.15) is 5.10 Å². The van der Waals surface area contributed by atoms with Gasteiger partial charge < -0.3 is 5.11 Å². The molecule has 1 heterocycles. The number of aromatic nitrogens is 3. The van der Waals surface area contributed by atoms with Crippen LogP contribution in [0.2, 0.25) is 0 Å². The van der Waals surface area contributed by atoms with Gasteiger partial charge in [-0.05, 0) is 24.3 Å². The first-order chi connectivity index (χ1) is 9.38. The smallest absolute Gasteiger partial charge is 0.335 e. The van der Waals surface area contributed by atoms with Crippen molar-refractivity contribution in [1.82, 2.24) is 19.5 Å². The number of rotatable bonds is 5. The molecule has 0 aliphatic rings. The molecular weight excluding hydrogens is 284 g/mol. The van der Waals surface area contributed by atoms with Crippen LogP contribution in [0.5, 0.6) is 0 Å². The predicted octanol–water partition coefficient (Wildman–Crippen LogP) is -0.00820. The van der Waals surface area contributed by atoms with Gasteiger partial charge in [0, 0.05) is 7.05 Å². The lowest BCUT2D eigenvalue weighted by Gasteiger charge is -2.05. The van der Waals surface area contributed by atoms with Crippen molar-refractivity contribution in [2.24, 2.45) is 7.05 Å². The largest absolute Gasteiger partial charge is 0.478 e. The number of carboxylic acids is 1. The van der Waals surface area contributed by atoms with Crippen molar-refractivity contribution in [2.75, 3.05) is 0 Å². The monoisotopic (exact) mass is 296 g/mol. The number of hydrogen-bond acceptors (Lipinski definition) is 5. The summed E-state index contributed by atoms with van der Waals surface area (Å²) in [7, 11) is -2.05. The summed E-state index contributed by atoms with van der Waals surface area (Å²) in [5, 5.41) is 12.7. The number of carbonyl (C=O) groups is 1. The summed E-state index contributed by atoms with van der Waals surface area (Å²) < 4.78 is 27.7. The SMILES string of the molecule is Cn1cnc(CNS(=O)(=O)c2ccc(C(=O)O)cc2)n1. The topological polar surface area (TPSA) is 114 Å². The van der Waals surface area contributed by atoms with Crippen molar-refractivity contribution >= 4 is 16.0 Å². The highest BCUT2D eigenvalue weighted by Crippen LogP contribution is 2.10. The van der Waals surface area contributed by atoms with Crippen LogP contribution in [-0.2, 0) is 23.6 Å². The van der Waals surface area contributed by atoms with E-state index in [1.807, 2.05) is 0 Å². The van der Waals surface area contributed by atoms with Crippen LogP contribution in [0.15, 0.2) is 35.5 Å². The molecule has 106 valence electrons. The van der Waals surface area contributed by atoms with Crippen molar-refractivity contribution in [2.45, 2.75) is 11.4 Å².